The Morgan fingerprint density at radius 3 is 1.72 bits per heavy atom. The number of halogens is 6. The molecule has 1 rings (SSSR count). The normalized spacial score (nSPS) is 31.3. The van der Waals surface area contributed by atoms with Crippen LogP contribution < -0.4 is 0 Å². The summed E-state index contributed by atoms with van der Waals surface area (Å²) in [6.45, 7) is 2.07. The number of allylic oxidation sites excluding steroid dienone is 2. The fourth-order valence-corrected chi connectivity index (χ4v) is 4.64. The smallest absolute Gasteiger partial charge is 0.227 e. The first-order valence-electron chi connectivity index (χ1n) is 4.85. The van der Waals surface area contributed by atoms with Crippen molar-refractivity contribution in [3.63, 3.8) is 0 Å². The van der Waals surface area contributed by atoms with E-state index < -0.39 is 38.1 Å². The van der Waals surface area contributed by atoms with Gasteiger partial charge in [-0.2, -0.15) is 26.3 Å². The number of hydrogen-bond acceptors (Lipinski definition) is 2. The minimum Gasteiger partial charge on any atom is -0.227 e. The van der Waals surface area contributed by atoms with Gasteiger partial charge in [-0.15, -0.1) is 0 Å². The second-order valence-corrected chi connectivity index (χ2v) is 6.51. The van der Waals surface area contributed by atoms with E-state index in [1.807, 2.05) is 0 Å². The Labute approximate surface area is 99.6 Å². The maximum atomic E-state index is 12.8. The van der Waals surface area contributed by atoms with Crippen molar-refractivity contribution in [2.45, 2.75) is 36.2 Å². The number of rotatable bonds is 1. The molecule has 2 atom stereocenters. The van der Waals surface area contributed by atoms with Gasteiger partial charge in [0, 0.05) is 5.92 Å². The van der Waals surface area contributed by atoms with E-state index in [9.17, 15) is 34.8 Å². The van der Waals surface area contributed by atoms with Crippen molar-refractivity contribution in [3.05, 3.63) is 12.2 Å². The van der Waals surface area contributed by atoms with E-state index in [4.69, 9.17) is 0 Å². The molecule has 1 heterocycles. The topological polar surface area (TPSA) is 34.1 Å². The van der Waals surface area contributed by atoms with E-state index in [0.29, 0.717) is 6.08 Å². The Hall–Kier alpha value is -0.730. The molecule has 0 saturated carbocycles. The fourth-order valence-electron chi connectivity index (χ4n) is 2.29. The molecule has 1 fully saturated rings. The monoisotopic (exact) mass is 296 g/mol. The minimum absolute atomic E-state index is 0.646. The highest BCUT2D eigenvalue weighted by Crippen LogP contribution is 2.62. The van der Waals surface area contributed by atoms with E-state index in [2.05, 4.69) is 0 Å². The summed E-state index contributed by atoms with van der Waals surface area (Å²) in [6.07, 6.45) is -10.2. The molecule has 1 aliphatic heterocycles. The van der Waals surface area contributed by atoms with E-state index in [1.54, 1.807) is 0 Å². The summed E-state index contributed by atoms with van der Waals surface area (Å²) in [7, 11) is -5.35. The van der Waals surface area contributed by atoms with E-state index in [-0.39, 0.29) is 0 Å². The standard InChI is InChI=1S/C9H10F6O2S/c1-3-4-6-5(2)18(16,17)7(6,8(10,11)12)9(13,14)15/h3-6H,1-2H3/b4-3+/t5-,6-/m0/s1. The van der Waals surface area contributed by atoms with Crippen LogP contribution in [-0.4, -0.2) is 30.8 Å². The lowest BCUT2D eigenvalue weighted by atomic mass is 9.85. The average Bonchev–Trinajstić information content (AvgIpc) is 2.11. The molecule has 9 heteroatoms. The summed E-state index contributed by atoms with van der Waals surface area (Å²) in [6, 6.07) is 0. The highest BCUT2D eigenvalue weighted by Gasteiger charge is 2.88. The molecule has 0 spiro atoms. The molecule has 0 amide bonds. The van der Waals surface area contributed by atoms with Gasteiger partial charge in [-0.05, 0) is 13.8 Å². The van der Waals surface area contributed by atoms with Crippen LogP contribution in [0.3, 0.4) is 0 Å². The lowest BCUT2D eigenvalue weighted by Gasteiger charge is -2.52. The zero-order chi connectivity index (χ0) is 14.6. The van der Waals surface area contributed by atoms with Crippen LogP contribution in [0.15, 0.2) is 12.2 Å². The van der Waals surface area contributed by atoms with Gasteiger partial charge in [-0.3, -0.25) is 0 Å². The quantitative estimate of drug-likeness (QED) is 0.551. The summed E-state index contributed by atoms with van der Waals surface area (Å²) in [5, 5.41) is -1.71. The van der Waals surface area contributed by atoms with Crippen LogP contribution in [0, 0.1) is 5.92 Å². The van der Waals surface area contributed by atoms with Gasteiger partial charge in [-0.25, -0.2) is 8.42 Å². The molecule has 0 aromatic carbocycles. The maximum Gasteiger partial charge on any atom is 0.417 e. The van der Waals surface area contributed by atoms with E-state index >= 15 is 0 Å². The third-order valence-corrected chi connectivity index (χ3v) is 6.06. The van der Waals surface area contributed by atoms with Crippen molar-refractivity contribution in [1.82, 2.24) is 0 Å². The molecular formula is C9H10F6O2S. The molecule has 0 unspecified atom stereocenters. The summed E-state index contributed by atoms with van der Waals surface area (Å²) < 4.78 is 94.6. The summed E-state index contributed by atoms with van der Waals surface area (Å²) in [5.74, 6) is -2.15. The first kappa shape index (κ1) is 15.3. The number of sulfone groups is 1. The number of alkyl halides is 6. The lowest BCUT2D eigenvalue weighted by Crippen LogP contribution is -2.77. The van der Waals surface area contributed by atoms with Gasteiger partial charge in [-0.1, -0.05) is 12.2 Å². The molecule has 18 heavy (non-hydrogen) atoms. The third-order valence-electron chi connectivity index (χ3n) is 3.16. The van der Waals surface area contributed by atoms with Crippen LogP contribution in [0.1, 0.15) is 13.8 Å². The predicted octanol–water partition coefficient (Wildman–Crippen LogP) is 2.86. The van der Waals surface area contributed by atoms with Gasteiger partial charge in [0.05, 0.1) is 5.25 Å². The zero-order valence-electron chi connectivity index (χ0n) is 9.30. The first-order valence-corrected chi connectivity index (χ1v) is 6.40. The van der Waals surface area contributed by atoms with Crippen LogP contribution in [0.4, 0.5) is 26.3 Å². The molecule has 0 aliphatic carbocycles. The van der Waals surface area contributed by atoms with Gasteiger partial charge in [0.25, 0.3) is 4.75 Å². The van der Waals surface area contributed by atoms with Crippen LogP contribution in [0.2, 0.25) is 0 Å². The van der Waals surface area contributed by atoms with Crippen molar-refractivity contribution in [3.8, 4) is 0 Å². The highest BCUT2D eigenvalue weighted by molar-refractivity contribution is 7.95. The average molecular weight is 296 g/mol. The molecule has 1 saturated heterocycles. The second kappa shape index (κ2) is 3.88. The first-order chi connectivity index (χ1) is 7.85. The van der Waals surface area contributed by atoms with Crippen molar-refractivity contribution < 1.29 is 34.8 Å². The third kappa shape index (κ3) is 1.52. The van der Waals surface area contributed by atoms with Crippen LogP contribution in [-0.2, 0) is 9.84 Å². The van der Waals surface area contributed by atoms with Crippen LogP contribution in [0.25, 0.3) is 0 Å². The molecule has 0 N–H and O–H groups in total. The van der Waals surface area contributed by atoms with Gasteiger partial charge >= 0.3 is 12.4 Å². The second-order valence-electron chi connectivity index (χ2n) is 4.03. The van der Waals surface area contributed by atoms with E-state index in [1.165, 1.54) is 6.92 Å². The molecular weight excluding hydrogens is 286 g/mol. The Bertz CT molecular complexity index is 444. The molecule has 0 aromatic heterocycles. The Balaban J connectivity index is 3.61. The van der Waals surface area contributed by atoms with Gasteiger partial charge in [0.15, 0.2) is 9.84 Å². The van der Waals surface area contributed by atoms with Gasteiger partial charge in [0.1, 0.15) is 0 Å². The van der Waals surface area contributed by atoms with Crippen molar-refractivity contribution in [2.24, 2.45) is 5.92 Å². The summed E-state index contributed by atoms with van der Waals surface area (Å²) >= 11 is 0. The summed E-state index contributed by atoms with van der Waals surface area (Å²) in [4.78, 5) is 0. The van der Waals surface area contributed by atoms with Crippen molar-refractivity contribution in [1.29, 1.82) is 0 Å². The largest absolute Gasteiger partial charge is 0.417 e. The maximum absolute atomic E-state index is 12.8. The zero-order valence-corrected chi connectivity index (χ0v) is 10.1. The Kier molecular flexibility index (Phi) is 3.30. The molecule has 0 bridgehead atoms. The molecule has 1 aliphatic rings. The molecule has 0 radical (unpaired) electrons. The molecule has 106 valence electrons. The van der Waals surface area contributed by atoms with Crippen molar-refractivity contribution >= 4 is 9.84 Å². The minimum atomic E-state index is -5.90. The van der Waals surface area contributed by atoms with Gasteiger partial charge in [0.2, 0.25) is 0 Å². The van der Waals surface area contributed by atoms with Crippen molar-refractivity contribution in [2.75, 3.05) is 0 Å². The van der Waals surface area contributed by atoms with Gasteiger partial charge < -0.3 is 0 Å². The predicted molar refractivity (Wildman–Crippen MR) is 51.5 cm³/mol. The fraction of sp³-hybridized carbons (Fsp3) is 0.778. The number of hydrogen-bond donors (Lipinski definition) is 0. The summed E-state index contributed by atoms with van der Waals surface area (Å²) in [5.41, 5.74) is 0. The SMILES string of the molecule is C/C=C/[C@H]1[C@H](C)S(=O)(=O)C1(C(F)(F)F)C(F)(F)F. The van der Waals surface area contributed by atoms with Crippen LogP contribution >= 0.6 is 0 Å². The molecule has 0 aromatic rings. The lowest BCUT2D eigenvalue weighted by molar-refractivity contribution is -0.283. The Morgan fingerprint density at radius 1 is 1.06 bits per heavy atom. The molecule has 2 nitrogen and oxygen atoms in total. The Morgan fingerprint density at radius 2 is 1.44 bits per heavy atom. The van der Waals surface area contributed by atoms with E-state index in [0.717, 1.165) is 13.0 Å². The highest BCUT2D eigenvalue weighted by atomic mass is 32.2. The van der Waals surface area contributed by atoms with Crippen LogP contribution in [0.5, 0.6) is 0 Å².